The van der Waals surface area contributed by atoms with E-state index in [1.165, 1.54) is 0 Å². The van der Waals surface area contributed by atoms with E-state index in [0.717, 1.165) is 19.3 Å². The van der Waals surface area contributed by atoms with Crippen molar-refractivity contribution >= 4 is 11.6 Å². The lowest BCUT2D eigenvalue weighted by Gasteiger charge is -2.11. The number of carbonyl (C=O) groups is 1. The fraction of sp³-hybridized carbons (Fsp3) is 0.571. The quantitative estimate of drug-likeness (QED) is 0.351. The Bertz CT molecular complexity index is 332. The molecule has 1 atom stereocenters. The van der Waals surface area contributed by atoms with Crippen LogP contribution in [0.2, 0.25) is 0 Å². The van der Waals surface area contributed by atoms with Gasteiger partial charge in [0.1, 0.15) is 0 Å². The topological polar surface area (TPSA) is 79.0 Å². The van der Waals surface area contributed by atoms with Gasteiger partial charge in [-0.15, -0.1) is 0 Å². The largest absolute Gasteiger partial charge is 0.352 e. The summed E-state index contributed by atoms with van der Waals surface area (Å²) in [5.74, 6) is -0.150. The van der Waals surface area contributed by atoms with Gasteiger partial charge in [-0.3, -0.25) is 4.79 Å². The van der Waals surface area contributed by atoms with Crippen LogP contribution in [-0.2, 0) is 4.79 Å². The zero-order valence-corrected chi connectivity index (χ0v) is 11.6. The predicted molar refractivity (Wildman–Crippen MR) is 76.8 cm³/mol. The summed E-state index contributed by atoms with van der Waals surface area (Å²) in [6, 6.07) is 0.147. The molecule has 0 spiro atoms. The average molecular weight is 251 g/mol. The van der Waals surface area contributed by atoms with Crippen molar-refractivity contribution in [3.8, 4) is 0 Å². The van der Waals surface area contributed by atoms with E-state index < -0.39 is 0 Å². The molecule has 18 heavy (non-hydrogen) atoms. The Morgan fingerprint density at radius 3 is 2.61 bits per heavy atom. The van der Waals surface area contributed by atoms with Crippen molar-refractivity contribution in [3.05, 3.63) is 23.8 Å². The molecular weight excluding hydrogens is 226 g/mol. The molecule has 0 aromatic rings. The van der Waals surface area contributed by atoms with Gasteiger partial charge in [-0.1, -0.05) is 25.5 Å². The minimum atomic E-state index is -0.150. The Hall–Kier alpha value is -1.42. The van der Waals surface area contributed by atoms with Gasteiger partial charge in [0.15, 0.2) is 0 Å². The lowest BCUT2D eigenvalue weighted by atomic mass is 10.1. The van der Waals surface area contributed by atoms with Gasteiger partial charge in [0.2, 0.25) is 0 Å². The van der Waals surface area contributed by atoms with Crippen LogP contribution in [0.25, 0.3) is 0 Å². The van der Waals surface area contributed by atoms with E-state index in [0.29, 0.717) is 17.8 Å². The first-order valence-electron chi connectivity index (χ1n) is 6.44. The first-order chi connectivity index (χ1) is 8.51. The number of allylic oxidation sites excluding steroid dienone is 2. The van der Waals surface area contributed by atoms with Gasteiger partial charge in [0.25, 0.3) is 5.91 Å². The molecule has 0 fully saturated rings. The Labute approximate surface area is 110 Å². The van der Waals surface area contributed by atoms with Crippen LogP contribution in [0.15, 0.2) is 23.8 Å². The number of nitrogens with one attached hydrogen (secondary N) is 2. The zero-order chi connectivity index (χ0) is 14.0. The predicted octanol–water partition coefficient (Wildman–Crippen LogP) is 2.16. The van der Waals surface area contributed by atoms with E-state index in [1.807, 2.05) is 6.92 Å². The average Bonchev–Trinajstić information content (AvgIpc) is 2.28. The third-order valence-electron chi connectivity index (χ3n) is 2.44. The van der Waals surface area contributed by atoms with E-state index in [-0.39, 0.29) is 11.9 Å². The van der Waals surface area contributed by atoms with Crippen molar-refractivity contribution in [2.75, 3.05) is 6.54 Å². The summed E-state index contributed by atoms with van der Waals surface area (Å²) in [6.45, 7) is 6.16. The van der Waals surface area contributed by atoms with Crippen molar-refractivity contribution < 1.29 is 4.79 Å². The van der Waals surface area contributed by atoms with Gasteiger partial charge in [-0.25, -0.2) is 0 Å². The Balaban J connectivity index is 4.24. The van der Waals surface area contributed by atoms with Crippen molar-refractivity contribution in [2.45, 2.75) is 46.1 Å². The van der Waals surface area contributed by atoms with Crippen LogP contribution in [0.5, 0.6) is 0 Å². The molecule has 0 radical (unpaired) electrons. The number of rotatable bonds is 8. The van der Waals surface area contributed by atoms with Gasteiger partial charge in [-0.2, -0.15) is 0 Å². The van der Waals surface area contributed by atoms with Gasteiger partial charge >= 0.3 is 0 Å². The smallest absolute Gasteiger partial charge is 0.251 e. The number of hydrogen-bond donors (Lipinski definition) is 3. The van der Waals surface area contributed by atoms with Crippen molar-refractivity contribution in [2.24, 2.45) is 5.73 Å². The molecule has 102 valence electrons. The normalized spacial score (nSPS) is 13.7. The molecule has 0 heterocycles. The Morgan fingerprint density at radius 1 is 1.44 bits per heavy atom. The lowest BCUT2D eigenvalue weighted by Crippen LogP contribution is -2.31. The minimum Gasteiger partial charge on any atom is -0.352 e. The molecule has 4 N–H and O–H groups in total. The Morgan fingerprint density at radius 2 is 2.11 bits per heavy atom. The standard InChI is InChI=1S/C14H25N3O/c1-4-6-12(10-11(3)15)14(18)17-9-8-13(16)7-5-2/h4,6,10,13,15H,5,7-9,16H2,1-3H3,(H,17,18)/b6-4-,12-10+,15-11?/t13-/m0/s1. The number of carbonyl (C=O) groups excluding carboxylic acids is 1. The van der Waals surface area contributed by atoms with Crippen LogP contribution in [0.3, 0.4) is 0 Å². The summed E-state index contributed by atoms with van der Waals surface area (Å²) in [6.07, 6.45) is 7.88. The molecule has 4 heteroatoms. The molecule has 0 aromatic carbocycles. The molecule has 0 bridgehead atoms. The summed E-state index contributed by atoms with van der Waals surface area (Å²) in [7, 11) is 0. The van der Waals surface area contributed by atoms with Crippen molar-refractivity contribution in [1.29, 1.82) is 5.41 Å². The van der Waals surface area contributed by atoms with E-state index in [9.17, 15) is 4.79 Å². The maximum Gasteiger partial charge on any atom is 0.251 e. The molecule has 1 amide bonds. The Kier molecular flexibility index (Phi) is 8.84. The lowest BCUT2D eigenvalue weighted by molar-refractivity contribution is -0.117. The molecule has 0 saturated heterocycles. The molecule has 0 aliphatic carbocycles. The fourth-order valence-corrected chi connectivity index (χ4v) is 1.59. The third kappa shape index (κ3) is 7.79. The molecule has 0 aliphatic rings. The first-order valence-corrected chi connectivity index (χ1v) is 6.44. The monoisotopic (exact) mass is 251 g/mol. The molecule has 0 saturated carbocycles. The highest BCUT2D eigenvalue weighted by molar-refractivity contribution is 6.03. The molecule has 0 unspecified atom stereocenters. The van der Waals surface area contributed by atoms with Crippen LogP contribution in [0, 0.1) is 5.41 Å². The fourth-order valence-electron chi connectivity index (χ4n) is 1.59. The number of nitrogens with two attached hydrogens (primary N) is 1. The third-order valence-corrected chi connectivity index (χ3v) is 2.44. The first kappa shape index (κ1) is 16.6. The van der Waals surface area contributed by atoms with Crippen molar-refractivity contribution in [3.63, 3.8) is 0 Å². The maximum atomic E-state index is 11.8. The summed E-state index contributed by atoms with van der Waals surface area (Å²) in [4.78, 5) is 11.8. The molecule has 0 aromatic heterocycles. The van der Waals surface area contributed by atoms with Crippen LogP contribution in [0.1, 0.15) is 40.0 Å². The molecule has 0 aliphatic heterocycles. The van der Waals surface area contributed by atoms with Gasteiger partial charge < -0.3 is 16.5 Å². The SMILES string of the molecule is C/C=C\C(=C/C(C)=N)C(=O)NCC[C@@H](N)CCC. The van der Waals surface area contributed by atoms with Gasteiger partial charge in [0.05, 0.1) is 0 Å². The van der Waals surface area contributed by atoms with Gasteiger partial charge in [-0.05, 0) is 32.8 Å². The van der Waals surface area contributed by atoms with E-state index in [1.54, 1.807) is 25.2 Å². The highest BCUT2D eigenvalue weighted by Crippen LogP contribution is 2.00. The van der Waals surface area contributed by atoms with E-state index >= 15 is 0 Å². The maximum absolute atomic E-state index is 11.8. The summed E-state index contributed by atoms with van der Waals surface area (Å²) in [5.41, 5.74) is 6.74. The van der Waals surface area contributed by atoms with E-state index in [2.05, 4.69) is 12.2 Å². The summed E-state index contributed by atoms with van der Waals surface area (Å²) >= 11 is 0. The minimum absolute atomic E-state index is 0.147. The molecule has 0 rings (SSSR count). The van der Waals surface area contributed by atoms with Gasteiger partial charge in [0, 0.05) is 23.9 Å². The highest BCUT2D eigenvalue weighted by Gasteiger charge is 2.07. The molecule has 4 nitrogen and oxygen atoms in total. The second kappa shape index (κ2) is 9.59. The van der Waals surface area contributed by atoms with Crippen molar-refractivity contribution in [1.82, 2.24) is 5.32 Å². The summed E-state index contributed by atoms with van der Waals surface area (Å²) in [5, 5.41) is 10.2. The number of amides is 1. The highest BCUT2D eigenvalue weighted by atomic mass is 16.1. The van der Waals surface area contributed by atoms with Crippen LogP contribution in [-0.4, -0.2) is 24.2 Å². The van der Waals surface area contributed by atoms with Crippen LogP contribution >= 0.6 is 0 Å². The second-order valence-electron chi connectivity index (χ2n) is 4.38. The summed E-state index contributed by atoms with van der Waals surface area (Å²) < 4.78 is 0. The van der Waals surface area contributed by atoms with Crippen LogP contribution in [0.4, 0.5) is 0 Å². The van der Waals surface area contributed by atoms with Crippen LogP contribution < -0.4 is 11.1 Å². The molecular formula is C14H25N3O. The second-order valence-corrected chi connectivity index (χ2v) is 4.38. The number of hydrogen-bond acceptors (Lipinski definition) is 3. The van der Waals surface area contributed by atoms with E-state index in [4.69, 9.17) is 11.1 Å². The zero-order valence-electron chi connectivity index (χ0n) is 11.6.